The number of benzene rings is 1. The van der Waals surface area contributed by atoms with E-state index in [1.165, 1.54) is 0 Å². The molecule has 0 saturated carbocycles. The van der Waals surface area contributed by atoms with Crippen molar-refractivity contribution >= 4 is 40.7 Å². The second-order valence-electron chi connectivity index (χ2n) is 4.56. The second-order valence-corrected chi connectivity index (χ2v) is 5.41. The van der Waals surface area contributed by atoms with Gasteiger partial charge in [-0.2, -0.15) is 0 Å². The van der Waals surface area contributed by atoms with Gasteiger partial charge in [0.15, 0.2) is 5.11 Å². The van der Waals surface area contributed by atoms with Crippen LogP contribution in [0.25, 0.3) is 0 Å². The first-order valence-corrected chi connectivity index (χ1v) is 6.83. The third kappa shape index (κ3) is 5.99. The average Bonchev–Trinajstić information content (AvgIpc) is 2.35. The Morgan fingerprint density at radius 1 is 1.20 bits per heavy atom. The molecule has 0 saturated heterocycles. The molecule has 1 rings (SSSR count). The van der Waals surface area contributed by atoms with Crippen molar-refractivity contribution in [1.29, 1.82) is 0 Å². The zero-order valence-electron chi connectivity index (χ0n) is 11.2. The average molecular weight is 314 g/mol. The molecular weight excluding hydrogens is 298 g/mol. The Labute approximate surface area is 128 Å². The summed E-state index contributed by atoms with van der Waals surface area (Å²) in [6.45, 7) is 3.86. The predicted octanol–water partition coefficient (Wildman–Crippen LogP) is 2.02. The Bertz CT molecular complexity index is 503. The van der Waals surface area contributed by atoms with Gasteiger partial charge in [-0.05, 0) is 42.4 Å². The smallest absolute Gasteiger partial charge is 0.269 e. The molecule has 0 aliphatic rings. The first-order chi connectivity index (χ1) is 9.38. The van der Waals surface area contributed by atoms with E-state index in [9.17, 15) is 9.59 Å². The highest BCUT2D eigenvalue weighted by molar-refractivity contribution is 7.80. The van der Waals surface area contributed by atoms with Crippen molar-refractivity contribution in [2.45, 2.75) is 20.3 Å². The zero-order valence-corrected chi connectivity index (χ0v) is 12.8. The second kappa shape index (κ2) is 7.81. The molecule has 0 aromatic heterocycles. The predicted molar refractivity (Wildman–Crippen MR) is 82.2 cm³/mol. The SMILES string of the molecule is CC(C)CC(=O)NC(=S)NNC(=O)c1ccc(Cl)cc1. The maximum atomic E-state index is 11.7. The zero-order chi connectivity index (χ0) is 15.1. The van der Waals surface area contributed by atoms with Gasteiger partial charge in [0.05, 0.1) is 0 Å². The van der Waals surface area contributed by atoms with Crippen LogP contribution in [-0.2, 0) is 4.79 Å². The fourth-order valence-corrected chi connectivity index (χ4v) is 1.66. The van der Waals surface area contributed by atoms with Gasteiger partial charge < -0.3 is 5.32 Å². The quantitative estimate of drug-likeness (QED) is 0.590. The fraction of sp³-hybridized carbons (Fsp3) is 0.308. The number of rotatable bonds is 3. The third-order valence-corrected chi connectivity index (χ3v) is 2.70. The van der Waals surface area contributed by atoms with Crippen molar-refractivity contribution in [2.24, 2.45) is 5.92 Å². The molecule has 7 heteroatoms. The summed E-state index contributed by atoms with van der Waals surface area (Å²) in [7, 11) is 0. The molecule has 0 spiro atoms. The van der Waals surface area contributed by atoms with Crippen molar-refractivity contribution < 1.29 is 9.59 Å². The summed E-state index contributed by atoms with van der Waals surface area (Å²) in [5, 5.41) is 3.07. The molecule has 0 atom stereocenters. The topological polar surface area (TPSA) is 70.2 Å². The Kier molecular flexibility index (Phi) is 6.41. The molecule has 0 heterocycles. The molecule has 0 aliphatic carbocycles. The van der Waals surface area contributed by atoms with Crippen LogP contribution < -0.4 is 16.2 Å². The summed E-state index contributed by atoms with van der Waals surface area (Å²) in [4.78, 5) is 23.2. The minimum Gasteiger partial charge on any atom is -0.302 e. The number of halogens is 1. The van der Waals surface area contributed by atoms with Gasteiger partial charge in [0.25, 0.3) is 5.91 Å². The molecule has 0 unspecified atom stereocenters. The number of hydrazine groups is 1. The Morgan fingerprint density at radius 3 is 2.35 bits per heavy atom. The molecule has 1 aromatic rings. The lowest BCUT2D eigenvalue weighted by Gasteiger charge is -2.11. The van der Waals surface area contributed by atoms with Gasteiger partial charge in [-0.3, -0.25) is 20.4 Å². The largest absolute Gasteiger partial charge is 0.302 e. The Morgan fingerprint density at radius 2 is 1.80 bits per heavy atom. The van der Waals surface area contributed by atoms with E-state index in [0.29, 0.717) is 17.0 Å². The van der Waals surface area contributed by atoms with Crippen LogP contribution in [0, 0.1) is 5.92 Å². The number of hydrogen-bond acceptors (Lipinski definition) is 3. The third-order valence-electron chi connectivity index (χ3n) is 2.24. The molecule has 1 aromatic carbocycles. The van der Waals surface area contributed by atoms with Crippen molar-refractivity contribution in [3.63, 3.8) is 0 Å². The van der Waals surface area contributed by atoms with Crippen LogP contribution in [0.2, 0.25) is 5.02 Å². The van der Waals surface area contributed by atoms with E-state index in [0.717, 1.165) is 0 Å². The van der Waals surface area contributed by atoms with E-state index in [4.69, 9.17) is 23.8 Å². The standard InChI is InChI=1S/C13H16ClN3O2S/c1-8(2)7-11(18)15-13(20)17-16-12(19)9-3-5-10(14)6-4-9/h3-6,8H,7H2,1-2H3,(H,16,19)(H2,15,17,18,20). The first kappa shape index (κ1) is 16.4. The molecule has 0 aliphatic heterocycles. The Hall–Kier alpha value is -1.66. The molecule has 108 valence electrons. The van der Waals surface area contributed by atoms with Crippen LogP contribution >= 0.6 is 23.8 Å². The van der Waals surface area contributed by atoms with Crippen LogP contribution in [0.3, 0.4) is 0 Å². The molecule has 0 bridgehead atoms. The highest BCUT2D eigenvalue weighted by Gasteiger charge is 2.08. The Balaban J connectivity index is 2.39. The number of amides is 2. The lowest BCUT2D eigenvalue weighted by Crippen LogP contribution is -2.48. The molecule has 3 N–H and O–H groups in total. The van der Waals surface area contributed by atoms with Gasteiger partial charge in [0.1, 0.15) is 0 Å². The van der Waals surface area contributed by atoms with Crippen molar-refractivity contribution in [2.75, 3.05) is 0 Å². The van der Waals surface area contributed by atoms with E-state index in [1.807, 2.05) is 13.8 Å². The summed E-state index contributed by atoms with van der Waals surface area (Å²) in [6, 6.07) is 6.39. The van der Waals surface area contributed by atoms with Crippen LogP contribution in [0.4, 0.5) is 0 Å². The lowest BCUT2D eigenvalue weighted by atomic mass is 10.1. The van der Waals surface area contributed by atoms with Crippen LogP contribution in [0.1, 0.15) is 30.6 Å². The van der Waals surface area contributed by atoms with E-state index >= 15 is 0 Å². The number of hydrogen-bond donors (Lipinski definition) is 3. The molecule has 20 heavy (non-hydrogen) atoms. The van der Waals surface area contributed by atoms with Crippen molar-refractivity contribution in [1.82, 2.24) is 16.2 Å². The molecule has 5 nitrogen and oxygen atoms in total. The van der Waals surface area contributed by atoms with Gasteiger partial charge in [-0.15, -0.1) is 0 Å². The van der Waals surface area contributed by atoms with E-state index in [1.54, 1.807) is 24.3 Å². The van der Waals surface area contributed by atoms with Gasteiger partial charge in [-0.25, -0.2) is 0 Å². The summed E-state index contributed by atoms with van der Waals surface area (Å²) < 4.78 is 0. The minimum absolute atomic E-state index is 0.0537. The maximum Gasteiger partial charge on any atom is 0.269 e. The number of nitrogens with one attached hydrogen (secondary N) is 3. The number of thiocarbonyl (C=S) groups is 1. The molecule has 0 radical (unpaired) electrons. The van der Waals surface area contributed by atoms with Gasteiger partial charge in [-0.1, -0.05) is 25.4 Å². The fourth-order valence-electron chi connectivity index (χ4n) is 1.37. The van der Waals surface area contributed by atoms with Crippen LogP contribution in [0.5, 0.6) is 0 Å². The molecular formula is C13H16ClN3O2S. The lowest BCUT2D eigenvalue weighted by molar-refractivity contribution is -0.120. The summed E-state index contributed by atoms with van der Waals surface area (Å²) in [5.74, 6) is -0.332. The number of carbonyl (C=O) groups excluding carboxylic acids is 2. The van der Waals surface area contributed by atoms with Gasteiger partial charge in [0, 0.05) is 17.0 Å². The summed E-state index contributed by atoms with van der Waals surface area (Å²) in [6.07, 6.45) is 0.368. The van der Waals surface area contributed by atoms with Crippen LogP contribution in [0.15, 0.2) is 24.3 Å². The van der Waals surface area contributed by atoms with Gasteiger partial charge in [0.2, 0.25) is 5.91 Å². The highest BCUT2D eigenvalue weighted by Crippen LogP contribution is 2.08. The summed E-state index contributed by atoms with van der Waals surface area (Å²) in [5.41, 5.74) is 5.28. The van der Waals surface area contributed by atoms with Gasteiger partial charge >= 0.3 is 0 Å². The van der Waals surface area contributed by atoms with E-state index in [2.05, 4.69) is 16.2 Å². The van der Waals surface area contributed by atoms with Crippen LogP contribution in [-0.4, -0.2) is 16.9 Å². The monoisotopic (exact) mass is 313 g/mol. The highest BCUT2D eigenvalue weighted by atomic mass is 35.5. The first-order valence-electron chi connectivity index (χ1n) is 6.04. The minimum atomic E-state index is -0.373. The number of carbonyl (C=O) groups is 2. The van der Waals surface area contributed by atoms with Crippen molar-refractivity contribution in [3.05, 3.63) is 34.9 Å². The normalized spacial score (nSPS) is 10.0. The molecule has 0 fully saturated rings. The maximum absolute atomic E-state index is 11.7. The molecule has 2 amide bonds. The summed E-state index contributed by atoms with van der Waals surface area (Å²) >= 11 is 10.6. The van der Waals surface area contributed by atoms with E-state index in [-0.39, 0.29) is 22.8 Å². The van der Waals surface area contributed by atoms with Crippen molar-refractivity contribution in [3.8, 4) is 0 Å². The van der Waals surface area contributed by atoms with E-state index < -0.39 is 0 Å².